The van der Waals surface area contributed by atoms with E-state index in [1.165, 1.54) is 177 Å². The SMILES string of the molecule is CCCCCCCCCCCCOC(=O)C1(C(=O)OCCCCCCCCCCCC)c2ccsc2C(C(=O)OCCCCCCCCCCCC)(C(=O)OCCCCCCCCCCCC)c2ccsc21. The minimum Gasteiger partial charge on any atom is -0.464 e. The lowest BCUT2D eigenvalue weighted by Crippen LogP contribution is -2.57. The van der Waals surface area contributed by atoms with Crippen molar-refractivity contribution in [3.63, 3.8) is 0 Å². The van der Waals surface area contributed by atoms with Crippen LogP contribution in [0.2, 0.25) is 0 Å². The Kier molecular flexibility index (Phi) is 35.8. The van der Waals surface area contributed by atoms with Crippen molar-refractivity contribution in [3.05, 3.63) is 43.8 Å². The van der Waals surface area contributed by atoms with Crippen LogP contribution in [0.15, 0.2) is 22.9 Å². The molecule has 3 rings (SSSR count). The van der Waals surface area contributed by atoms with Crippen LogP contribution in [0.25, 0.3) is 0 Å². The van der Waals surface area contributed by atoms with Crippen molar-refractivity contribution < 1.29 is 38.1 Å². The molecule has 72 heavy (non-hydrogen) atoms. The van der Waals surface area contributed by atoms with Crippen LogP contribution in [0, 0.1) is 0 Å². The summed E-state index contributed by atoms with van der Waals surface area (Å²) in [7, 11) is 0. The Morgan fingerprint density at radius 2 is 0.486 bits per heavy atom. The maximum absolute atomic E-state index is 15.0. The Bertz CT molecular complexity index is 1460. The van der Waals surface area contributed by atoms with Gasteiger partial charge in [0.25, 0.3) is 0 Å². The number of esters is 4. The van der Waals surface area contributed by atoms with Gasteiger partial charge in [-0.25, -0.2) is 0 Å². The average molecular weight is 1040 g/mol. The number of unbranched alkanes of at least 4 members (excludes halogenated alkanes) is 36. The number of thiophene rings is 2. The Labute approximate surface area is 448 Å². The molecule has 10 heteroatoms. The van der Waals surface area contributed by atoms with Crippen molar-refractivity contribution in [2.45, 2.75) is 295 Å². The number of hydrogen-bond acceptors (Lipinski definition) is 10. The van der Waals surface area contributed by atoms with Crippen molar-refractivity contribution >= 4 is 46.6 Å². The van der Waals surface area contributed by atoms with Crippen LogP contribution in [0.1, 0.15) is 305 Å². The maximum atomic E-state index is 15.0. The monoisotopic (exact) mass is 1040 g/mol. The van der Waals surface area contributed by atoms with Crippen LogP contribution in [0.5, 0.6) is 0 Å². The van der Waals surface area contributed by atoms with E-state index in [4.69, 9.17) is 18.9 Å². The highest BCUT2D eigenvalue weighted by Gasteiger charge is 2.68. The zero-order chi connectivity index (χ0) is 51.8. The molecular weight excluding hydrogens is 937 g/mol. The molecule has 1 aliphatic carbocycles. The van der Waals surface area contributed by atoms with Crippen LogP contribution >= 0.6 is 22.7 Å². The summed E-state index contributed by atoms with van der Waals surface area (Å²) in [6, 6.07) is 3.43. The first-order valence-electron chi connectivity index (χ1n) is 30.2. The first-order chi connectivity index (χ1) is 35.4. The van der Waals surface area contributed by atoms with Gasteiger partial charge in [-0.05, 0) is 48.6 Å². The molecule has 2 heterocycles. The molecular formula is C62H104O8S2. The van der Waals surface area contributed by atoms with E-state index in [1.54, 1.807) is 22.9 Å². The first kappa shape index (κ1) is 63.6. The van der Waals surface area contributed by atoms with Crippen LogP contribution in [-0.4, -0.2) is 50.3 Å². The van der Waals surface area contributed by atoms with Crippen LogP contribution in [0.4, 0.5) is 0 Å². The van der Waals surface area contributed by atoms with Crippen LogP contribution < -0.4 is 0 Å². The van der Waals surface area contributed by atoms with Gasteiger partial charge < -0.3 is 18.9 Å². The standard InChI is InChI=1S/C62H104O8S2/c1-5-9-13-17-21-25-29-33-37-41-47-67-57(63)61(58(64)68-48-42-38-34-30-26-22-18-14-10-6-2)53-45-51-72-56(53)62(54-46-52-71-55(54)61,59(65)69-49-43-39-35-31-27-23-19-15-11-7-3)60(66)70-50-44-40-36-32-28-24-20-16-12-8-4/h45-46,51-52H,5-44,47-50H2,1-4H3. The van der Waals surface area contributed by atoms with Gasteiger partial charge in [0.05, 0.1) is 26.4 Å². The summed E-state index contributed by atoms with van der Waals surface area (Å²) >= 11 is 2.38. The van der Waals surface area contributed by atoms with Crippen molar-refractivity contribution in [3.8, 4) is 0 Å². The third-order valence-corrected chi connectivity index (χ3v) is 17.0. The van der Waals surface area contributed by atoms with E-state index in [9.17, 15) is 0 Å². The number of hydrogen-bond donors (Lipinski definition) is 0. The van der Waals surface area contributed by atoms with Crippen molar-refractivity contribution in [1.29, 1.82) is 0 Å². The van der Waals surface area contributed by atoms with Gasteiger partial charge >= 0.3 is 23.9 Å². The van der Waals surface area contributed by atoms with E-state index in [1.807, 2.05) is 0 Å². The fraction of sp³-hybridized carbons (Fsp3) is 0.806. The maximum Gasteiger partial charge on any atom is 0.333 e. The van der Waals surface area contributed by atoms with E-state index in [2.05, 4.69) is 27.7 Å². The molecule has 0 radical (unpaired) electrons. The molecule has 8 nitrogen and oxygen atoms in total. The molecule has 0 fully saturated rings. The van der Waals surface area contributed by atoms with E-state index < -0.39 is 34.7 Å². The molecule has 0 bridgehead atoms. The number of carbonyl (C=O) groups is 4. The summed E-state index contributed by atoms with van der Waals surface area (Å²) in [4.78, 5) is 60.6. The van der Waals surface area contributed by atoms with Gasteiger partial charge in [-0.1, -0.05) is 259 Å². The molecule has 0 aromatic carbocycles. The minimum absolute atomic E-state index is 0.163. The van der Waals surface area contributed by atoms with Crippen molar-refractivity contribution in [1.82, 2.24) is 0 Å². The van der Waals surface area contributed by atoms with E-state index in [0.717, 1.165) is 77.0 Å². The molecule has 0 atom stereocenters. The fourth-order valence-electron chi connectivity index (χ4n) is 10.5. The highest BCUT2D eigenvalue weighted by molar-refractivity contribution is 7.12. The largest absolute Gasteiger partial charge is 0.464 e. The lowest BCUT2D eigenvalue weighted by Gasteiger charge is -2.40. The predicted molar refractivity (Wildman–Crippen MR) is 301 cm³/mol. The van der Waals surface area contributed by atoms with E-state index in [0.29, 0.717) is 25.7 Å². The van der Waals surface area contributed by atoms with Gasteiger partial charge in [0.2, 0.25) is 10.8 Å². The number of fused-ring (bicyclic) bond motifs is 2. The molecule has 2 aromatic heterocycles. The lowest BCUT2D eigenvalue weighted by molar-refractivity contribution is -0.167. The van der Waals surface area contributed by atoms with Crippen LogP contribution in [0.3, 0.4) is 0 Å². The van der Waals surface area contributed by atoms with E-state index >= 15 is 19.2 Å². The smallest absolute Gasteiger partial charge is 0.333 e. The predicted octanol–water partition coefficient (Wildman–Crippen LogP) is 18.6. The van der Waals surface area contributed by atoms with Gasteiger partial charge in [0.15, 0.2) is 0 Å². The molecule has 2 aromatic rings. The van der Waals surface area contributed by atoms with Crippen molar-refractivity contribution in [2.24, 2.45) is 0 Å². The average Bonchev–Trinajstić information content (AvgIpc) is 4.09. The molecule has 0 N–H and O–H groups in total. The number of rotatable bonds is 48. The second kappa shape index (κ2) is 40.6. The summed E-state index contributed by atoms with van der Waals surface area (Å²) in [5, 5.41) is 3.53. The van der Waals surface area contributed by atoms with Gasteiger partial charge in [-0.3, -0.25) is 19.2 Å². The minimum atomic E-state index is -2.01. The normalized spacial score (nSPS) is 13.4. The van der Waals surface area contributed by atoms with Crippen molar-refractivity contribution in [2.75, 3.05) is 26.4 Å². The fourth-order valence-corrected chi connectivity index (χ4v) is 12.7. The molecule has 1 aliphatic rings. The van der Waals surface area contributed by atoms with E-state index in [-0.39, 0.29) is 47.3 Å². The molecule has 0 aliphatic heterocycles. The van der Waals surface area contributed by atoms with Gasteiger partial charge in [0, 0.05) is 20.9 Å². The summed E-state index contributed by atoms with van der Waals surface area (Å²) < 4.78 is 24.6. The highest BCUT2D eigenvalue weighted by Crippen LogP contribution is 2.56. The molecule has 0 amide bonds. The lowest BCUT2D eigenvalue weighted by atomic mass is 9.63. The molecule has 0 saturated carbocycles. The van der Waals surface area contributed by atoms with Gasteiger partial charge in [0.1, 0.15) is 0 Å². The summed E-state index contributed by atoms with van der Waals surface area (Å²) in [5.41, 5.74) is -3.49. The molecule has 0 saturated heterocycles. The van der Waals surface area contributed by atoms with Gasteiger partial charge in [-0.15, -0.1) is 22.7 Å². The number of ether oxygens (including phenoxy) is 4. The third kappa shape index (κ3) is 21.5. The van der Waals surface area contributed by atoms with Gasteiger partial charge in [-0.2, -0.15) is 0 Å². The Morgan fingerprint density at radius 1 is 0.306 bits per heavy atom. The van der Waals surface area contributed by atoms with Crippen LogP contribution in [-0.2, 0) is 49.0 Å². The number of carbonyl (C=O) groups excluding carboxylic acids is 4. The Balaban J connectivity index is 1.85. The quantitative estimate of drug-likeness (QED) is 0.0279. The first-order valence-corrected chi connectivity index (χ1v) is 32.0. The third-order valence-electron chi connectivity index (χ3n) is 15.0. The Morgan fingerprint density at radius 3 is 0.681 bits per heavy atom. The topological polar surface area (TPSA) is 105 Å². The zero-order valence-electron chi connectivity index (χ0n) is 46.5. The second-order valence-electron chi connectivity index (χ2n) is 21.1. The summed E-state index contributed by atoms with van der Waals surface area (Å²) in [6.07, 6.45) is 45.7. The summed E-state index contributed by atoms with van der Waals surface area (Å²) in [6.45, 7) is 9.61. The second-order valence-corrected chi connectivity index (χ2v) is 22.9. The molecule has 0 spiro atoms. The molecule has 412 valence electrons. The Hall–Kier alpha value is -2.72. The summed E-state index contributed by atoms with van der Waals surface area (Å²) in [5.74, 6) is -2.89. The zero-order valence-corrected chi connectivity index (χ0v) is 48.1. The highest BCUT2D eigenvalue weighted by atomic mass is 32.1. The molecule has 0 unspecified atom stereocenters.